The first-order chi connectivity index (χ1) is 10.8. The maximum atomic E-state index is 11.5. The summed E-state index contributed by atoms with van der Waals surface area (Å²) in [6, 6.07) is 2.06. The van der Waals surface area contributed by atoms with Gasteiger partial charge in [0.25, 0.3) is 0 Å². The Morgan fingerprint density at radius 3 is 2.70 bits per heavy atom. The molecule has 0 aliphatic rings. The number of hydrogen-bond donors (Lipinski definition) is 3. The second-order valence-corrected chi connectivity index (χ2v) is 6.15. The van der Waals surface area contributed by atoms with Crippen LogP contribution in [0.15, 0.2) is 0 Å². The number of ether oxygens (including phenoxy) is 1. The molecule has 0 unspecified atom stereocenters. The average Bonchev–Trinajstić information content (AvgIpc) is 2.75. The van der Waals surface area contributed by atoms with Crippen LogP contribution in [0.2, 0.25) is 0 Å². The van der Waals surface area contributed by atoms with Gasteiger partial charge in [-0.2, -0.15) is 10.4 Å². The van der Waals surface area contributed by atoms with Gasteiger partial charge in [-0.15, -0.1) is 0 Å². The molecule has 0 spiro atoms. The number of anilines is 2. The van der Waals surface area contributed by atoms with Crippen LogP contribution in [0, 0.1) is 11.3 Å². The Bertz CT molecular complexity index is 568. The van der Waals surface area contributed by atoms with Gasteiger partial charge >= 0.3 is 6.09 Å². The Hall–Kier alpha value is -2.43. The maximum Gasteiger partial charge on any atom is 0.407 e. The van der Waals surface area contributed by atoms with Gasteiger partial charge in [0.05, 0.1) is 0 Å². The van der Waals surface area contributed by atoms with Crippen LogP contribution in [-0.2, 0) is 11.3 Å². The molecule has 23 heavy (non-hydrogen) atoms. The minimum Gasteiger partial charge on any atom is -0.444 e. The predicted molar refractivity (Wildman–Crippen MR) is 89.0 cm³/mol. The number of aryl methyl sites for hydroxylation is 1. The van der Waals surface area contributed by atoms with Crippen LogP contribution in [-0.4, -0.2) is 34.6 Å². The molecular weight excluding hydrogens is 296 g/mol. The number of hydrogen-bond acceptors (Lipinski definition) is 6. The fraction of sp³-hybridized carbons (Fsp3) is 0.667. The molecule has 0 aliphatic carbocycles. The lowest BCUT2D eigenvalue weighted by atomic mass is 10.2. The average molecular weight is 322 g/mol. The molecule has 1 heterocycles. The first-order valence-corrected chi connectivity index (χ1v) is 7.75. The van der Waals surface area contributed by atoms with E-state index in [4.69, 9.17) is 10.5 Å². The molecule has 1 aromatic rings. The quantitative estimate of drug-likeness (QED) is 0.661. The van der Waals surface area contributed by atoms with Gasteiger partial charge in [0, 0.05) is 19.6 Å². The Morgan fingerprint density at radius 1 is 1.43 bits per heavy atom. The summed E-state index contributed by atoms with van der Waals surface area (Å²) in [6.45, 7) is 8.92. The van der Waals surface area contributed by atoms with Crippen molar-refractivity contribution in [3.63, 3.8) is 0 Å². The Kier molecular flexibility index (Phi) is 6.69. The van der Waals surface area contributed by atoms with Gasteiger partial charge in [0.15, 0.2) is 5.82 Å². The molecule has 1 rings (SSSR count). The summed E-state index contributed by atoms with van der Waals surface area (Å²) >= 11 is 0. The smallest absolute Gasteiger partial charge is 0.407 e. The van der Waals surface area contributed by atoms with E-state index in [0.29, 0.717) is 36.8 Å². The maximum absolute atomic E-state index is 11.5. The van der Waals surface area contributed by atoms with Crippen LogP contribution in [0.25, 0.3) is 0 Å². The van der Waals surface area contributed by atoms with Crippen molar-refractivity contribution in [2.45, 2.75) is 52.7 Å². The summed E-state index contributed by atoms with van der Waals surface area (Å²) in [4.78, 5) is 11.5. The van der Waals surface area contributed by atoms with Gasteiger partial charge in [-0.25, -0.2) is 9.48 Å². The van der Waals surface area contributed by atoms with E-state index in [-0.39, 0.29) is 0 Å². The number of nitrogens with one attached hydrogen (secondary N) is 2. The summed E-state index contributed by atoms with van der Waals surface area (Å²) in [7, 11) is 0. The van der Waals surface area contributed by atoms with Gasteiger partial charge in [-0.1, -0.05) is 13.3 Å². The molecule has 0 radical (unpaired) electrons. The highest BCUT2D eigenvalue weighted by atomic mass is 16.6. The number of alkyl carbamates (subject to hydrolysis) is 1. The normalized spacial score (nSPS) is 10.9. The fourth-order valence-electron chi connectivity index (χ4n) is 1.85. The van der Waals surface area contributed by atoms with E-state index in [0.717, 1.165) is 12.8 Å². The molecule has 4 N–H and O–H groups in total. The lowest BCUT2D eigenvalue weighted by Crippen LogP contribution is -2.35. The predicted octanol–water partition coefficient (Wildman–Crippen LogP) is 2.07. The molecule has 1 amide bonds. The van der Waals surface area contributed by atoms with Gasteiger partial charge < -0.3 is 21.1 Å². The number of nitrogens with two attached hydrogens (primary N) is 1. The number of nitriles is 1. The summed E-state index contributed by atoms with van der Waals surface area (Å²) in [6.07, 6.45) is 1.48. The Balaban J connectivity index is 2.52. The van der Waals surface area contributed by atoms with E-state index < -0.39 is 11.7 Å². The molecule has 0 saturated heterocycles. The molecule has 8 nitrogen and oxygen atoms in total. The molecule has 1 aromatic heterocycles. The van der Waals surface area contributed by atoms with E-state index >= 15 is 0 Å². The van der Waals surface area contributed by atoms with Crippen molar-refractivity contribution in [1.82, 2.24) is 15.1 Å². The van der Waals surface area contributed by atoms with Crippen molar-refractivity contribution in [2.24, 2.45) is 0 Å². The first-order valence-electron chi connectivity index (χ1n) is 7.75. The lowest BCUT2D eigenvalue weighted by Gasteiger charge is -2.19. The van der Waals surface area contributed by atoms with Crippen LogP contribution >= 0.6 is 0 Å². The highest BCUT2D eigenvalue weighted by molar-refractivity contribution is 5.68. The Labute approximate surface area is 137 Å². The van der Waals surface area contributed by atoms with Gasteiger partial charge in [-0.3, -0.25) is 0 Å². The van der Waals surface area contributed by atoms with Crippen molar-refractivity contribution >= 4 is 17.7 Å². The number of rotatable bonds is 7. The van der Waals surface area contributed by atoms with Crippen molar-refractivity contribution in [1.29, 1.82) is 5.26 Å². The SMILES string of the molecule is CCCCn1nc(NCCNC(=O)OC(C)(C)C)c(C#N)c1N. The standard InChI is InChI=1S/C15H26N6O2/c1-5-6-9-21-12(17)11(10-16)13(20-21)18-7-8-19-14(22)23-15(2,3)4/h5-9,17H2,1-4H3,(H,18,20)(H,19,22). The number of carbonyl (C=O) groups is 1. The fourth-order valence-corrected chi connectivity index (χ4v) is 1.85. The summed E-state index contributed by atoms with van der Waals surface area (Å²) in [5.41, 5.74) is 5.73. The van der Waals surface area contributed by atoms with Crippen LogP contribution in [0.5, 0.6) is 0 Å². The second-order valence-electron chi connectivity index (χ2n) is 6.15. The number of amides is 1. The van der Waals surface area contributed by atoms with E-state index in [2.05, 4.69) is 28.7 Å². The summed E-state index contributed by atoms with van der Waals surface area (Å²) < 4.78 is 6.76. The molecule has 8 heteroatoms. The zero-order valence-corrected chi connectivity index (χ0v) is 14.3. The van der Waals surface area contributed by atoms with Gasteiger partial charge in [0.1, 0.15) is 23.1 Å². The number of aromatic nitrogens is 2. The zero-order chi connectivity index (χ0) is 17.5. The molecule has 0 aromatic carbocycles. The van der Waals surface area contributed by atoms with Crippen molar-refractivity contribution in [3.05, 3.63) is 5.56 Å². The van der Waals surface area contributed by atoms with E-state index in [9.17, 15) is 10.1 Å². The van der Waals surface area contributed by atoms with Crippen LogP contribution in [0.1, 0.15) is 46.1 Å². The summed E-state index contributed by atoms with van der Waals surface area (Å²) in [5, 5.41) is 19.2. The van der Waals surface area contributed by atoms with Gasteiger partial charge in [-0.05, 0) is 27.2 Å². The second kappa shape index (κ2) is 8.27. The minimum atomic E-state index is -0.530. The first kappa shape index (κ1) is 18.6. The number of nitrogens with zero attached hydrogens (tertiary/aromatic N) is 3. The molecule has 128 valence electrons. The molecule has 0 aliphatic heterocycles. The van der Waals surface area contributed by atoms with Gasteiger partial charge in [0.2, 0.25) is 0 Å². The van der Waals surface area contributed by atoms with E-state index in [1.807, 2.05) is 0 Å². The monoisotopic (exact) mass is 322 g/mol. The largest absolute Gasteiger partial charge is 0.444 e. The summed E-state index contributed by atoms with van der Waals surface area (Å²) in [5.74, 6) is 0.802. The van der Waals surface area contributed by atoms with E-state index in [1.54, 1.807) is 25.5 Å². The van der Waals surface area contributed by atoms with Crippen LogP contribution in [0.3, 0.4) is 0 Å². The third kappa shape index (κ3) is 6.06. The highest BCUT2D eigenvalue weighted by Crippen LogP contribution is 2.20. The lowest BCUT2D eigenvalue weighted by molar-refractivity contribution is 0.0530. The molecule has 0 atom stereocenters. The van der Waals surface area contributed by atoms with Crippen molar-refractivity contribution in [2.75, 3.05) is 24.1 Å². The van der Waals surface area contributed by atoms with Crippen molar-refractivity contribution < 1.29 is 9.53 Å². The molecule has 0 fully saturated rings. The Morgan fingerprint density at radius 2 is 2.13 bits per heavy atom. The number of unbranched alkanes of at least 4 members (excludes halogenated alkanes) is 1. The molecule has 0 bridgehead atoms. The highest BCUT2D eigenvalue weighted by Gasteiger charge is 2.16. The van der Waals surface area contributed by atoms with Crippen molar-refractivity contribution in [3.8, 4) is 6.07 Å². The zero-order valence-electron chi connectivity index (χ0n) is 14.3. The van der Waals surface area contributed by atoms with Crippen LogP contribution in [0.4, 0.5) is 16.4 Å². The third-order valence-corrected chi connectivity index (χ3v) is 2.91. The molecule has 0 saturated carbocycles. The van der Waals surface area contributed by atoms with Crippen LogP contribution < -0.4 is 16.4 Å². The molecular formula is C15H26N6O2. The number of nitrogen functional groups attached to an aromatic ring is 1. The third-order valence-electron chi connectivity index (χ3n) is 2.91. The minimum absolute atomic E-state index is 0.332. The van der Waals surface area contributed by atoms with E-state index in [1.165, 1.54) is 0 Å². The number of carbonyl (C=O) groups excluding carboxylic acids is 1. The topological polar surface area (TPSA) is 118 Å².